The van der Waals surface area contributed by atoms with Crippen molar-refractivity contribution in [3.8, 4) is 5.69 Å². The number of aromatic nitrogens is 4. The van der Waals surface area contributed by atoms with Crippen molar-refractivity contribution in [2.75, 3.05) is 26.8 Å². The van der Waals surface area contributed by atoms with Crippen LogP contribution in [-0.4, -0.2) is 74.5 Å². The second-order valence-corrected chi connectivity index (χ2v) is 14.3. The van der Waals surface area contributed by atoms with Gasteiger partial charge in [-0.3, -0.25) is 9.36 Å². The zero-order valence-corrected chi connectivity index (χ0v) is 29.7. The van der Waals surface area contributed by atoms with Crippen LogP contribution in [0.25, 0.3) is 27.8 Å². The summed E-state index contributed by atoms with van der Waals surface area (Å²) in [5.41, 5.74) is 5.46. The summed E-state index contributed by atoms with van der Waals surface area (Å²) in [7, 11) is 1.71. The summed E-state index contributed by atoms with van der Waals surface area (Å²) < 4.78 is 14.9. The largest absolute Gasteiger partial charge is 0.444 e. The Hall–Kier alpha value is -4.90. The number of methoxy groups -OCH3 is 1. The van der Waals surface area contributed by atoms with E-state index in [0.717, 1.165) is 70.5 Å². The predicted octanol–water partition coefficient (Wildman–Crippen LogP) is 6.25. The first kappa shape index (κ1) is 34.9. The van der Waals surface area contributed by atoms with Crippen LogP contribution in [0.5, 0.6) is 0 Å². The van der Waals surface area contributed by atoms with Gasteiger partial charge in [0.1, 0.15) is 11.4 Å². The van der Waals surface area contributed by atoms with Crippen LogP contribution in [0.15, 0.2) is 71.5 Å². The van der Waals surface area contributed by atoms with Crippen molar-refractivity contribution in [2.45, 2.75) is 83.9 Å². The molecule has 2 amide bonds. The molecule has 6 rings (SSSR count). The highest BCUT2D eigenvalue weighted by Gasteiger charge is 2.30. The van der Waals surface area contributed by atoms with Crippen LogP contribution in [0.2, 0.25) is 0 Å². The van der Waals surface area contributed by atoms with Gasteiger partial charge in [0.15, 0.2) is 0 Å². The maximum Gasteiger partial charge on any atom is 0.407 e. The van der Waals surface area contributed by atoms with Gasteiger partial charge < -0.3 is 29.2 Å². The van der Waals surface area contributed by atoms with E-state index in [1.807, 2.05) is 93.3 Å². The third-order valence-corrected chi connectivity index (χ3v) is 9.21. The molecule has 264 valence electrons. The molecular weight excluding hydrogens is 632 g/mol. The number of rotatable bonds is 11. The van der Waals surface area contributed by atoms with Crippen LogP contribution in [-0.2, 0) is 27.2 Å². The Morgan fingerprint density at radius 3 is 2.60 bits per heavy atom. The minimum Gasteiger partial charge on any atom is -0.444 e. The molecule has 1 aliphatic heterocycles. The Balaban J connectivity index is 1.19. The lowest BCUT2D eigenvalue weighted by Gasteiger charge is -2.34. The van der Waals surface area contributed by atoms with Crippen LogP contribution < -0.4 is 11.0 Å². The number of imidazole rings is 2. The molecule has 1 saturated heterocycles. The number of aromatic amines is 1. The number of nitrogens with one attached hydrogen (secondary N) is 2. The van der Waals surface area contributed by atoms with Gasteiger partial charge in [0, 0.05) is 51.7 Å². The Bertz CT molecular complexity index is 2020. The maximum absolute atomic E-state index is 14.0. The Morgan fingerprint density at radius 2 is 1.84 bits per heavy atom. The fourth-order valence-electron chi connectivity index (χ4n) is 6.95. The maximum atomic E-state index is 14.0. The van der Waals surface area contributed by atoms with Crippen LogP contribution in [0.4, 0.5) is 4.79 Å². The second kappa shape index (κ2) is 14.9. The number of amides is 2. The van der Waals surface area contributed by atoms with Crippen molar-refractivity contribution < 1.29 is 19.1 Å². The number of likely N-dealkylation sites (tertiary alicyclic amines) is 1. The molecule has 11 nitrogen and oxygen atoms in total. The van der Waals surface area contributed by atoms with E-state index in [-0.39, 0.29) is 23.9 Å². The lowest BCUT2D eigenvalue weighted by molar-refractivity contribution is -0.133. The standard InChI is InChI=1S/C39H48N6O5/c1-26-13-18-32-34(22-26)45(37(47)42-32)30-16-14-27(15-17-30)23-29(40-38(48)50-39(2,3)4)24-35(46)43-19-8-10-28(25-43)36-41-31-11-6-7-12-33(31)44(36)20-9-21-49-5/h6-7,11-18,22,28-29H,8-10,19-21,23-25H2,1-5H3,(H,40,48)(H,42,47)/t28-,29-/m1/s1. The lowest BCUT2D eigenvalue weighted by atomic mass is 9.95. The first-order valence-electron chi connectivity index (χ1n) is 17.5. The van der Waals surface area contributed by atoms with E-state index in [1.165, 1.54) is 0 Å². The molecule has 0 bridgehead atoms. The molecule has 1 aliphatic rings. The van der Waals surface area contributed by atoms with Crippen molar-refractivity contribution in [2.24, 2.45) is 0 Å². The number of H-pyrrole nitrogens is 1. The zero-order chi connectivity index (χ0) is 35.4. The van der Waals surface area contributed by atoms with E-state index in [1.54, 1.807) is 11.7 Å². The number of alkyl carbamates (subject to hydrolysis) is 1. The highest BCUT2D eigenvalue weighted by atomic mass is 16.6. The molecular formula is C39H48N6O5. The quantitative estimate of drug-likeness (QED) is 0.159. The molecule has 11 heteroatoms. The highest BCUT2D eigenvalue weighted by molar-refractivity contribution is 5.79. The van der Waals surface area contributed by atoms with Gasteiger partial charge >= 0.3 is 11.8 Å². The summed E-state index contributed by atoms with van der Waals surface area (Å²) in [5.74, 6) is 1.09. The van der Waals surface area contributed by atoms with Gasteiger partial charge in [0.25, 0.3) is 0 Å². The molecule has 2 aromatic heterocycles. The number of piperidine rings is 1. The summed E-state index contributed by atoms with van der Waals surface area (Å²) in [4.78, 5) is 49.7. The van der Waals surface area contributed by atoms with Crippen LogP contribution in [0.1, 0.15) is 69.3 Å². The van der Waals surface area contributed by atoms with Crippen molar-refractivity contribution in [3.05, 3.63) is 94.2 Å². The van der Waals surface area contributed by atoms with Crippen molar-refractivity contribution in [3.63, 3.8) is 0 Å². The molecule has 5 aromatic rings. The fourth-order valence-corrected chi connectivity index (χ4v) is 6.95. The van der Waals surface area contributed by atoms with E-state index in [2.05, 4.69) is 20.9 Å². The Morgan fingerprint density at radius 1 is 1.06 bits per heavy atom. The van der Waals surface area contributed by atoms with Gasteiger partial charge in [-0.2, -0.15) is 0 Å². The highest BCUT2D eigenvalue weighted by Crippen LogP contribution is 2.30. The van der Waals surface area contributed by atoms with Crippen molar-refractivity contribution in [1.29, 1.82) is 0 Å². The summed E-state index contributed by atoms with van der Waals surface area (Å²) in [6, 6.07) is 21.2. The summed E-state index contributed by atoms with van der Waals surface area (Å²) >= 11 is 0. The smallest absolute Gasteiger partial charge is 0.407 e. The lowest BCUT2D eigenvalue weighted by Crippen LogP contribution is -2.46. The molecule has 2 atom stereocenters. The number of ether oxygens (including phenoxy) is 2. The number of carbonyl (C=O) groups excluding carboxylic acids is 2. The average molecular weight is 681 g/mol. The van der Waals surface area contributed by atoms with E-state index < -0.39 is 17.7 Å². The van der Waals surface area contributed by atoms with Crippen LogP contribution in [0, 0.1) is 6.92 Å². The minimum atomic E-state index is -0.681. The second-order valence-electron chi connectivity index (χ2n) is 14.3. The first-order chi connectivity index (χ1) is 24.0. The van der Waals surface area contributed by atoms with Crippen molar-refractivity contribution >= 4 is 34.1 Å². The van der Waals surface area contributed by atoms with Crippen LogP contribution >= 0.6 is 0 Å². The fraction of sp³-hybridized carbons (Fsp3) is 0.436. The number of aryl methyl sites for hydroxylation is 2. The van der Waals surface area contributed by atoms with Gasteiger partial charge in [-0.15, -0.1) is 0 Å². The number of benzene rings is 3. The SMILES string of the molecule is COCCCn1c([C@@H]2CCCN(C(=O)C[C@@H](Cc3ccc(-n4c(=O)[nH]c5ccc(C)cc54)cc3)NC(=O)OC(C)(C)C)C2)nc2ccccc21. The molecule has 0 spiro atoms. The number of nitrogens with zero attached hydrogens (tertiary/aromatic N) is 4. The van der Waals surface area contributed by atoms with Gasteiger partial charge in [-0.05, 0) is 101 Å². The number of fused-ring (bicyclic) bond motifs is 2. The Kier molecular flexibility index (Phi) is 10.4. The third kappa shape index (κ3) is 8.10. The Labute approximate surface area is 292 Å². The number of para-hydroxylation sites is 2. The van der Waals surface area contributed by atoms with E-state index in [4.69, 9.17) is 14.5 Å². The van der Waals surface area contributed by atoms with E-state index >= 15 is 0 Å². The molecule has 50 heavy (non-hydrogen) atoms. The van der Waals surface area contributed by atoms with Gasteiger partial charge in [-0.25, -0.2) is 14.6 Å². The molecule has 0 saturated carbocycles. The number of hydrogen-bond donors (Lipinski definition) is 2. The summed E-state index contributed by atoms with van der Waals surface area (Å²) in [6.07, 6.45) is 2.67. The van der Waals surface area contributed by atoms with Crippen LogP contribution in [0.3, 0.4) is 0 Å². The molecule has 0 radical (unpaired) electrons. The number of hydrogen-bond acceptors (Lipinski definition) is 6. The molecule has 0 aliphatic carbocycles. The topological polar surface area (TPSA) is 123 Å². The van der Waals surface area contributed by atoms with E-state index in [0.29, 0.717) is 26.1 Å². The van der Waals surface area contributed by atoms with E-state index in [9.17, 15) is 14.4 Å². The van der Waals surface area contributed by atoms with Gasteiger partial charge in [0.2, 0.25) is 5.91 Å². The summed E-state index contributed by atoms with van der Waals surface area (Å²) in [5, 5.41) is 2.98. The van der Waals surface area contributed by atoms with Gasteiger partial charge in [0.05, 0.1) is 27.8 Å². The molecule has 3 heterocycles. The normalized spacial score (nSPS) is 15.8. The van der Waals surface area contributed by atoms with Gasteiger partial charge in [-0.1, -0.05) is 30.3 Å². The molecule has 0 unspecified atom stereocenters. The van der Waals surface area contributed by atoms with Crippen molar-refractivity contribution in [1.82, 2.24) is 29.3 Å². The third-order valence-electron chi connectivity index (χ3n) is 9.21. The molecule has 1 fully saturated rings. The predicted molar refractivity (Wildman–Crippen MR) is 195 cm³/mol. The number of carbonyl (C=O) groups is 2. The average Bonchev–Trinajstić information content (AvgIpc) is 3.61. The molecule has 3 aromatic carbocycles. The molecule has 2 N–H and O–H groups in total. The monoisotopic (exact) mass is 680 g/mol. The first-order valence-corrected chi connectivity index (χ1v) is 17.5. The summed E-state index contributed by atoms with van der Waals surface area (Å²) in [6.45, 7) is 10.1. The zero-order valence-electron chi connectivity index (χ0n) is 29.7. The minimum absolute atomic E-state index is 0.0184.